The Labute approximate surface area is 317 Å². The van der Waals surface area contributed by atoms with Crippen LogP contribution in [0.1, 0.15) is 79.5 Å². The number of hydrogen-bond acceptors (Lipinski definition) is 7. The van der Waals surface area contributed by atoms with Crippen LogP contribution in [0.25, 0.3) is 11.1 Å². The molecule has 3 aromatic rings. The molecule has 2 aliphatic carbocycles. The van der Waals surface area contributed by atoms with E-state index in [0.29, 0.717) is 32.2 Å². The molecule has 1 aliphatic heterocycles. The minimum Gasteiger partial charge on any atom is -0.462 e. The number of benzene rings is 3. The van der Waals surface area contributed by atoms with Crippen LogP contribution in [0.2, 0.25) is 0 Å². The standard InChI is InChI=1S/C44H51N3O7/c1-3-5-21-39(45-43(52)53-28-38-36-19-10-8-17-34(36)35-18-9-11-20-37(35)38)42(51)54-29-44(22-12-13-23-44)46-41(50)31(14-4-2)25-40(49)47-26-32-16-7-6-15-30(32)24-33(47)27-48/h3-4,6-11,15-20,31,33,38-39,48H,1-2,5,12-14,21-29H2,(H,45,52)(H,46,50)/t31-,33-,39-/m0/s1. The quantitative estimate of drug-likeness (QED) is 0.115. The molecule has 3 N–H and O–H groups in total. The van der Waals surface area contributed by atoms with Gasteiger partial charge in [-0.25, -0.2) is 9.59 Å². The zero-order valence-corrected chi connectivity index (χ0v) is 30.8. The second kappa shape index (κ2) is 17.7. The van der Waals surface area contributed by atoms with Crippen molar-refractivity contribution in [1.29, 1.82) is 0 Å². The largest absolute Gasteiger partial charge is 0.462 e. The van der Waals surface area contributed by atoms with Gasteiger partial charge in [-0.2, -0.15) is 0 Å². The molecule has 1 saturated carbocycles. The average Bonchev–Trinajstić information content (AvgIpc) is 3.79. The predicted octanol–water partition coefficient (Wildman–Crippen LogP) is 6.36. The minimum atomic E-state index is -0.979. The summed E-state index contributed by atoms with van der Waals surface area (Å²) in [4.78, 5) is 55.9. The fourth-order valence-electron chi connectivity index (χ4n) is 8.20. The van der Waals surface area contributed by atoms with Crippen molar-refractivity contribution in [2.45, 2.75) is 87.9 Å². The van der Waals surface area contributed by atoms with E-state index in [1.807, 2.05) is 60.7 Å². The van der Waals surface area contributed by atoms with E-state index in [1.165, 1.54) is 0 Å². The zero-order chi connectivity index (χ0) is 38.1. The summed E-state index contributed by atoms with van der Waals surface area (Å²) in [7, 11) is 0. The lowest BCUT2D eigenvalue weighted by Crippen LogP contribution is -2.54. The van der Waals surface area contributed by atoms with Gasteiger partial charge in [0.15, 0.2) is 0 Å². The van der Waals surface area contributed by atoms with Gasteiger partial charge >= 0.3 is 12.1 Å². The Hall–Kier alpha value is -5.22. The van der Waals surface area contributed by atoms with Crippen molar-refractivity contribution in [3.05, 3.63) is 120 Å². The van der Waals surface area contributed by atoms with Crippen LogP contribution in [-0.4, -0.2) is 71.3 Å². The summed E-state index contributed by atoms with van der Waals surface area (Å²) in [5, 5.41) is 16.0. The fraction of sp³-hybridized carbons (Fsp3) is 0.409. The van der Waals surface area contributed by atoms with Crippen LogP contribution in [0.4, 0.5) is 4.79 Å². The van der Waals surface area contributed by atoms with Gasteiger partial charge in [-0.1, -0.05) is 97.8 Å². The van der Waals surface area contributed by atoms with Crippen molar-refractivity contribution in [3.8, 4) is 11.1 Å². The van der Waals surface area contributed by atoms with Crippen molar-refractivity contribution in [3.63, 3.8) is 0 Å². The summed E-state index contributed by atoms with van der Waals surface area (Å²) in [6.45, 7) is 7.84. The Morgan fingerprint density at radius 2 is 1.54 bits per heavy atom. The Balaban J connectivity index is 1.06. The number of aliphatic hydroxyl groups excluding tert-OH is 1. The molecule has 3 amide bonds. The van der Waals surface area contributed by atoms with Crippen molar-refractivity contribution < 1.29 is 33.8 Å². The lowest BCUT2D eigenvalue weighted by atomic mass is 9.91. The van der Waals surface area contributed by atoms with Gasteiger partial charge in [0.1, 0.15) is 19.3 Å². The second-order valence-corrected chi connectivity index (χ2v) is 14.7. The number of nitrogens with zero attached hydrogens (tertiary/aromatic N) is 1. The molecule has 0 radical (unpaired) electrons. The predicted molar refractivity (Wildman–Crippen MR) is 206 cm³/mol. The van der Waals surface area contributed by atoms with E-state index in [-0.39, 0.29) is 62.9 Å². The summed E-state index contributed by atoms with van der Waals surface area (Å²) in [6, 6.07) is 22.7. The lowest BCUT2D eigenvalue weighted by Gasteiger charge is -2.37. The number of amides is 3. The van der Waals surface area contributed by atoms with Gasteiger partial charge in [0, 0.05) is 18.9 Å². The molecular weight excluding hydrogens is 682 g/mol. The number of alkyl carbamates (subject to hydrolysis) is 1. The smallest absolute Gasteiger partial charge is 0.407 e. The molecule has 10 heteroatoms. The number of ether oxygens (including phenoxy) is 2. The summed E-state index contributed by atoms with van der Waals surface area (Å²) < 4.78 is 11.6. The number of carbonyl (C=O) groups is 4. The van der Waals surface area contributed by atoms with Crippen LogP contribution in [0.3, 0.4) is 0 Å². The van der Waals surface area contributed by atoms with E-state index in [4.69, 9.17) is 9.47 Å². The number of nitrogens with one attached hydrogen (secondary N) is 2. The van der Waals surface area contributed by atoms with Crippen LogP contribution in [-0.2, 0) is 36.8 Å². The molecule has 6 rings (SSSR count). The summed E-state index contributed by atoms with van der Waals surface area (Å²) >= 11 is 0. The molecule has 0 aromatic heterocycles. The molecule has 10 nitrogen and oxygen atoms in total. The highest BCUT2D eigenvalue weighted by Gasteiger charge is 2.40. The van der Waals surface area contributed by atoms with Crippen LogP contribution in [0.15, 0.2) is 98.1 Å². The maximum absolute atomic E-state index is 13.9. The second-order valence-electron chi connectivity index (χ2n) is 14.7. The number of aliphatic hydroxyl groups is 1. The third-order valence-corrected chi connectivity index (χ3v) is 11.1. The van der Waals surface area contributed by atoms with Gasteiger partial charge in [0.05, 0.1) is 24.1 Å². The van der Waals surface area contributed by atoms with E-state index in [2.05, 4.69) is 35.9 Å². The van der Waals surface area contributed by atoms with Crippen molar-refractivity contribution in [1.82, 2.24) is 15.5 Å². The minimum absolute atomic E-state index is 0.0416. The van der Waals surface area contributed by atoms with Crippen LogP contribution < -0.4 is 10.6 Å². The molecule has 3 aromatic carbocycles. The van der Waals surface area contributed by atoms with E-state index >= 15 is 0 Å². The summed E-state index contributed by atoms with van der Waals surface area (Å²) in [6.07, 6.45) is 7.00. The molecule has 1 heterocycles. The first-order chi connectivity index (χ1) is 26.3. The Morgan fingerprint density at radius 3 is 2.19 bits per heavy atom. The van der Waals surface area contributed by atoms with E-state index in [9.17, 15) is 24.3 Å². The van der Waals surface area contributed by atoms with Crippen LogP contribution >= 0.6 is 0 Å². The molecule has 1 fully saturated rings. The molecule has 284 valence electrons. The molecular formula is C44H51N3O7. The van der Waals surface area contributed by atoms with Gasteiger partial charge < -0.3 is 30.1 Å². The number of esters is 1. The number of hydrogen-bond donors (Lipinski definition) is 3. The number of fused-ring (bicyclic) bond motifs is 4. The van der Waals surface area contributed by atoms with E-state index in [1.54, 1.807) is 17.1 Å². The molecule has 3 aliphatic rings. The van der Waals surface area contributed by atoms with Gasteiger partial charge in [-0.15, -0.1) is 13.2 Å². The first-order valence-electron chi connectivity index (χ1n) is 19.0. The lowest BCUT2D eigenvalue weighted by molar-refractivity contribution is -0.149. The average molecular weight is 734 g/mol. The Morgan fingerprint density at radius 1 is 0.889 bits per heavy atom. The van der Waals surface area contributed by atoms with Gasteiger partial charge in [0.25, 0.3) is 0 Å². The van der Waals surface area contributed by atoms with E-state index in [0.717, 1.165) is 46.2 Å². The normalized spacial score (nSPS) is 17.9. The van der Waals surface area contributed by atoms with Gasteiger partial charge in [0.2, 0.25) is 11.8 Å². The van der Waals surface area contributed by atoms with Gasteiger partial charge in [-0.05, 0) is 71.9 Å². The van der Waals surface area contributed by atoms with Crippen LogP contribution in [0.5, 0.6) is 0 Å². The van der Waals surface area contributed by atoms with Crippen molar-refractivity contribution >= 4 is 23.9 Å². The molecule has 0 bridgehead atoms. The Kier molecular flexibility index (Phi) is 12.6. The first kappa shape index (κ1) is 38.5. The third-order valence-electron chi connectivity index (χ3n) is 11.1. The molecule has 3 atom stereocenters. The molecule has 0 spiro atoms. The Bertz CT molecular complexity index is 1810. The highest BCUT2D eigenvalue weighted by Crippen LogP contribution is 2.44. The van der Waals surface area contributed by atoms with Gasteiger partial charge in [-0.3, -0.25) is 9.59 Å². The SMILES string of the molecule is C=CCC[C@H](NC(=O)OCC1c2ccccc2-c2ccccc21)C(=O)OCC1(NC(=O)[C@@H](CC=C)CC(=O)N2Cc3ccccc3C[C@H]2CO)CCCC1. The molecule has 0 unspecified atom stereocenters. The highest BCUT2D eigenvalue weighted by molar-refractivity contribution is 5.87. The molecule has 0 saturated heterocycles. The monoisotopic (exact) mass is 733 g/mol. The van der Waals surface area contributed by atoms with E-state index < -0.39 is 29.6 Å². The summed E-state index contributed by atoms with van der Waals surface area (Å²) in [5.41, 5.74) is 5.75. The number of rotatable bonds is 16. The van der Waals surface area contributed by atoms with Crippen LogP contribution in [0, 0.1) is 5.92 Å². The van der Waals surface area contributed by atoms with Crippen molar-refractivity contribution in [2.75, 3.05) is 19.8 Å². The maximum atomic E-state index is 13.9. The van der Waals surface area contributed by atoms with Crippen molar-refractivity contribution in [2.24, 2.45) is 5.92 Å². The number of carbonyl (C=O) groups excluding carboxylic acids is 4. The summed E-state index contributed by atoms with van der Waals surface area (Å²) in [5.74, 6) is -1.94. The number of allylic oxidation sites excluding steroid dienone is 2. The first-order valence-corrected chi connectivity index (χ1v) is 19.0. The highest BCUT2D eigenvalue weighted by atomic mass is 16.6. The topological polar surface area (TPSA) is 134 Å². The third kappa shape index (κ3) is 8.76. The maximum Gasteiger partial charge on any atom is 0.407 e. The fourth-order valence-corrected chi connectivity index (χ4v) is 8.20. The molecule has 54 heavy (non-hydrogen) atoms. The zero-order valence-electron chi connectivity index (χ0n) is 30.8.